The lowest BCUT2D eigenvalue weighted by Crippen LogP contribution is -2.33. The van der Waals surface area contributed by atoms with Crippen LogP contribution >= 0.6 is 11.3 Å². The third-order valence-electron chi connectivity index (χ3n) is 2.55. The van der Waals surface area contributed by atoms with Crippen LogP contribution < -0.4 is 4.72 Å². The average Bonchev–Trinajstić information content (AvgIpc) is 2.92. The first-order chi connectivity index (χ1) is 9.81. The van der Waals surface area contributed by atoms with E-state index in [1.54, 1.807) is 11.4 Å². The fourth-order valence-electron chi connectivity index (χ4n) is 1.55. The van der Waals surface area contributed by atoms with E-state index in [0.717, 1.165) is 17.4 Å². The first-order valence-corrected chi connectivity index (χ1v) is 7.91. The highest BCUT2D eigenvalue weighted by atomic mass is 32.2. The molecule has 0 saturated carbocycles. The molecule has 0 bridgehead atoms. The summed E-state index contributed by atoms with van der Waals surface area (Å²) in [6.07, 6.45) is 0. The van der Waals surface area contributed by atoms with Crippen molar-refractivity contribution in [2.24, 2.45) is 0 Å². The third kappa shape index (κ3) is 3.43. The van der Waals surface area contributed by atoms with E-state index in [0.29, 0.717) is 12.1 Å². The van der Waals surface area contributed by atoms with Gasteiger partial charge in [0.2, 0.25) is 10.0 Å². The van der Waals surface area contributed by atoms with Crippen molar-refractivity contribution in [1.82, 2.24) is 4.72 Å². The van der Waals surface area contributed by atoms with Gasteiger partial charge in [-0.3, -0.25) is 4.79 Å². The standard InChI is InChI=1S/C12H9F2NO4S2/c13-8-4-3-7(6-9(8)14)21(18,19)15-11(12(16)17)10-2-1-5-20-10/h1-6,11,15H,(H,16,17). The van der Waals surface area contributed by atoms with Gasteiger partial charge in [-0.2, -0.15) is 4.72 Å². The number of benzene rings is 1. The van der Waals surface area contributed by atoms with Gasteiger partial charge in [-0.05, 0) is 29.6 Å². The molecule has 0 aliphatic carbocycles. The van der Waals surface area contributed by atoms with Crippen molar-refractivity contribution >= 4 is 27.3 Å². The zero-order chi connectivity index (χ0) is 15.6. The lowest BCUT2D eigenvalue weighted by atomic mass is 10.3. The first-order valence-electron chi connectivity index (χ1n) is 5.55. The van der Waals surface area contributed by atoms with Gasteiger partial charge >= 0.3 is 5.97 Å². The van der Waals surface area contributed by atoms with Crippen LogP contribution in [0.5, 0.6) is 0 Å². The Morgan fingerprint density at radius 1 is 1.24 bits per heavy atom. The van der Waals surface area contributed by atoms with Gasteiger partial charge in [0.05, 0.1) is 4.90 Å². The Bertz CT molecular complexity index is 760. The van der Waals surface area contributed by atoms with Crippen LogP contribution in [0.1, 0.15) is 10.9 Å². The summed E-state index contributed by atoms with van der Waals surface area (Å²) in [5.74, 6) is -3.92. The fraction of sp³-hybridized carbons (Fsp3) is 0.0833. The molecule has 0 fully saturated rings. The zero-order valence-corrected chi connectivity index (χ0v) is 11.9. The van der Waals surface area contributed by atoms with Crippen LogP contribution in [0.2, 0.25) is 0 Å². The van der Waals surface area contributed by atoms with Crippen LogP contribution in [0.3, 0.4) is 0 Å². The Balaban J connectivity index is 2.35. The van der Waals surface area contributed by atoms with Crippen LogP contribution in [0.25, 0.3) is 0 Å². The van der Waals surface area contributed by atoms with Crippen molar-refractivity contribution in [3.8, 4) is 0 Å². The number of hydrogen-bond donors (Lipinski definition) is 2. The highest BCUT2D eigenvalue weighted by molar-refractivity contribution is 7.89. The van der Waals surface area contributed by atoms with Crippen molar-refractivity contribution in [1.29, 1.82) is 0 Å². The maximum atomic E-state index is 13.1. The molecule has 1 aromatic carbocycles. The van der Waals surface area contributed by atoms with Gasteiger partial charge in [0, 0.05) is 4.88 Å². The molecular formula is C12H9F2NO4S2. The third-order valence-corrected chi connectivity index (χ3v) is 4.91. The van der Waals surface area contributed by atoms with Crippen molar-refractivity contribution in [3.05, 3.63) is 52.2 Å². The molecule has 0 aliphatic rings. The van der Waals surface area contributed by atoms with E-state index in [-0.39, 0.29) is 4.88 Å². The van der Waals surface area contributed by atoms with Gasteiger partial charge in [0.1, 0.15) is 0 Å². The fourth-order valence-corrected chi connectivity index (χ4v) is 3.57. The van der Waals surface area contributed by atoms with Crippen molar-refractivity contribution in [2.75, 3.05) is 0 Å². The van der Waals surface area contributed by atoms with E-state index in [1.165, 1.54) is 6.07 Å². The molecule has 1 atom stereocenters. The topological polar surface area (TPSA) is 83.5 Å². The van der Waals surface area contributed by atoms with Crippen molar-refractivity contribution in [3.63, 3.8) is 0 Å². The molecule has 0 radical (unpaired) electrons. The Labute approximate surface area is 122 Å². The first kappa shape index (κ1) is 15.5. The van der Waals surface area contributed by atoms with Gasteiger partial charge in [-0.15, -0.1) is 11.3 Å². The molecule has 2 aromatic rings. The number of sulfonamides is 1. The molecule has 112 valence electrons. The second-order valence-corrected chi connectivity index (χ2v) is 6.68. The molecular weight excluding hydrogens is 324 g/mol. The Kier molecular flexibility index (Phi) is 4.35. The summed E-state index contributed by atoms with van der Waals surface area (Å²) in [5.41, 5.74) is 0. The van der Waals surface area contributed by atoms with E-state index < -0.39 is 38.6 Å². The number of halogens is 2. The number of aliphatic carboxylic acids is 1. The molecule has 9 heteroatoms. The monoisotopic (exact) mass is 333 g/mol. The molecule has 1 aromatic heterocycles. The largest absolute Gasteiger partial charge is 0.480 e. The smallest absolute Gasteiger partial charge is 0.327 e. The lowest BCUT2D eigenvalue weighted by molar-refractivity contribution is -0.139. The number of nitrogens with one attached hydrogen (secondary N) is 1. The second-order valence-electron chi connectivity index (χ2n) is 3.98. The average molecular weight is 333 g/mol. The lowest BCUT2D eigenvalue weighted by Gasteiger charge is -2.13. The summed E-state index contributed by atoms with van der Waals surface area (Å²) in [6.45, 7) is 0. The summed E-state index contributed by atoms with van der Waals surface area (Å²) in [5, 5.41) is 10.7. The molecule has 2 N–H and O–H groups in total. The van der Waals surface area contributed by atoms with E-state index in [2.05, 4.69) is 0 Å². The molecule has 0 amide bonds. The highest BCUT2D eigenvalue weighted by Gasteiger charge is 2.28. The summed E-state index contributed by atoms with van der Waals surface area (Å²) in [4.78, 5) is 10.9. The Morgan fingerprint density at radius 2 is 1.95 bits per heavy atom. The minimum atomic E-state index is -4.30. The summed E-state index contributed by atoms with van der Waals surface area (Å²) < 4.78 is 52.0. The molecule has 21 heavy (non-hydrogen) atoms. The van der Waals surface area contributed by atoms with E-state index in [4.69, 9.17) is 5.11 Å². The summed E-state index contributed by atoms with van der Waals surface area (Å²) >= 11 is 1.06. The number of carboxylic acid groups (broad SMARTS) is 1. The van der Waals surface area contributed by atoms with Gasteiger partial charge in [-0.25, -0.2) is 17.2 Å². The predicted octanol–water partition coefficient (Wildman–Crippen LogP) is 2.13. The minimum Gasteiger partial charge on any atom is -0.480 e. The van der Waals surface area contributed by atoms with Crippen LogP contribution in [-0.4, -0.2) is 19.5 Å². The zero-order valence-electron chi connectivity index (χ0n) is 10.3. The molecule has 0 saturated heterocycles. The molecule has 0 spiro atoms. The van der Waals surface area contributed by atoms with Gasteiger partial charge in [0.25, 0.3) is 0 Å². The van der Waals surface area contributed by atoms with Gasteiger partial charge < -0.3 is 5.11 Å². The number of hydrogen-bond acceptors (Lipinski definition) is 4. The van der Waals surface area contributed by atoms with E-state index in [9.17, 15) is 22.0 Å². The second kappa shape index (κ2) is 5.88. The molecule has 5 nitrogen and oxygen atoms in total. The van der Waals surface area contributed by atoms with E-state index >= 15 is 0 Å². The summed E-state index contributed by atoms with van der Waals surface area (Å²) in [6, 6.07) is 3.53. The Morgan fingerprint density at radius 3 is 2.48 bits per heavy atom. The predicted molar refractivity (Wildman–Crippen MR) is 71.4 cm³/mol. The van der Waals surface area contributed by atoms with Gasteiger partial charge in [-0.1, -0.05) is 6.07 Å². The Hall–Kier alpha value is -1.84. The number of thiophene rings is 1. The maximum Gasteiger partial charge on any atom is 0.327 e. The number of rotatable bonds is 5. The van der Waals surface area contributed by atoms with E-state index in [1.807, 2.05) is 4.72 Å². The number of carbonyl (C=O) groups is 1. The SMILES string of the molecule is O=C(O)C(NS(=O)(=O)c1ccc(F)c(F)c1)c1cccs1. The van der Waals surface area contributed by atoms with Crippen molar-refractivity contribution in [2.45, 2.75) is 10.9 Å². The molecule has 1 unspecified atom stereocenters. The normalized spacial score (nSPS) is 13.0. The molecule has 1 heterocycles. The number of carboxylic acids is 1. The van der Waals surface area contributed by atoms with Crippen LogP contribution in [0.4, 0.5) is 8.78 Å². The van der Waals surface area contributed by atoms with Crippen LogP contribution in [0, 0.1) is 11.6 Å². The molecule has 0 aliphatic heterocycles. The summed E-state index contributed by atoms with van der Waals surface area (Å²) in [7, 11) is -4.30. The van der Waals surface area contributed by atoms with Crippen molar-refractivity contribution < 1.29 is 27.1 Å². The highest BCUT2D eigenvalue weighted by Crippen LogP contribution is 2.22. The quantitative estimate of drug-likeness (QED) is 0.878. The minimum absolute atomic E-state index is 0.272. The maximum absolute atomic E-state index is 13.1. The van der Waals surface area contributed by atoms with Crippen LogP contribution in [-0.2, 0) is 14.8 Å². The molecule has 2 rings (SSSR count). The van der Waals surface area contributed by atoms with Crippen LogP contribution in [0.15, 0.2) is 40.6 Å². The van der Waals surface area contributed by atoms with Gasteiger partial charge in [0.15, 0.2) is 17.7 Å².